The molecule has 9 aromatic carbocycles. The zero-order chi connectivity index (χ0) is 34.9. The lowest BCUT2D eigenvalue weighted by atomic mass is 9.85. The van der Waals surface area contributed by atoms with E-state index in [0.717, 1.165) is 22.8 Å². The van der Waals surface area contributed by atoms with Gasteiger partial charge in [-0.1, -0.05) is 176 Å². The zero-order valence-electron chi connectivity index (χ0n) is 28.9. The van der Waals surface area contributed by atoms with Gasteiger partial charge in [-0.2, -0.15) is 0 Å². The topological polar surface area (TPSA) is 15.6 Å². The average Bonchev–Trinajstić information content (AvgIpc) is 3.22. The van der Waals surface area contributed by atoms with Gasteiger partial charge in [0.25, 0.3) is 0 Å². The monoisotopic (exact) mass is 664 g/mol. The van der Waals surface area contributed by atoms with E-state index in [9.17, 15) is 0 Å². The highest BCUT2D eigenvalue weighted by Gasteiger charge is 2.19. The number of hydrogen-bond donors (Lipinski definition) is 0. The van der Waals surface area contributed by atoms with E-state index in [2.05, 4.69) is 194 Å². The van der Waals surface area contributed by atoms with E-state index in [1.807, 2.05) is 18.2 Å². The number of amidine groups is 1. The number of fused-ring (bicyclic) bond motifs is 3. The molecule has 0 radical (unpaired) electrons. The van der Waals surface area contributed by atoms with Crippen molar-refractivity contribution in [3.05, 3.63) is 206 Å². The quantitative estimate of drug-likeness (QED) is 0.0981. The van der Waals surface area contributed by atoms with Crippen LogP contribution in [0.3, 0.4) is 0 Å². The van der Waals surface area contributed by atoms with Crippen LogP contribution in [0.4, 0.5) is 11.4 Å². The molecule has 0 bridgehead atoms. The third-order valence-corrected chi connectivity index (χ3v) is 10.1. The van der Waals surface area contributed by atoms with Crippen LogP contribution in [-0.4, -0.2) is 12.9 Å². The molecule has 0 saturated heterocycles. The lowest BCUT2D eigenvalue weighted by Gasteiger charge is -2.24. The first-order chi connectivity index (χ1) is 25.7. The first-order valence-electron chi connectivity index (χ1n) is 17.8. The van der Waals surface area contributed by atoms with Gasteiger partial charge in [-0.3, -0.25) is 0 Å². The van der Waals surface area contributed by atoms with E-state index in [4.69, 9.17) is 4.99 Å². The van der Waals surface area contributed by atoms with Crippen molar-refractivity contribution in [3.63, 3.8) is 0 Å². The van der Waals surface area contributed by atoms with Gasteiger partial charge < -0.3 is 4.90 Å². The van der Waals surface area contributed by atoms with E-state index >= 15 is 0 Å². The van der Waals surface area contributed by atoms with Crippen molar-refractivity contribution < 1.29 is 0 Å². The van der Waals surface area contributed by atoms with Crippen molar-refractivity contribution in [2.75, 3.05) is 11.9 Å². The lowest BCUT2D eigenvalue weighted by Crippen LogP contribution is -2.27. The summed E-state index contributed by atoms with van der Waals surface area (Å²) in [6, 6.07) is 71.4. The second kappa shape index (κ2) is 13.5. The molecule has 0 heterocycles. The predicted molar refractivity (Wildman–Crippen MR) is 223 cm³/mol. The smallest absolute Gasteiger partial charge is 0.141 e. The molecule has 0 aliphatic carbocycles. The van der Waals surface area contributed by atoms with Crippen molar-refractivity contribution >= 4 is 49.5 Å². The fraction of sp³-hybridized carbons (Fsp3) is 0.0200. The summed E-state index contributed by atoms with van der Waals surface area (Å²) in [4.78, 5) is 7.43. The largest absolute Gasteiger partial charge is 0.329 e. The third kappa shape index (κ3) is 5.71. The zero-order valence-corrected chi connectivity index (χ0v) is 28.9. The van der Waals surface area contributed by atoms with Crippen LogP contribution >= 0.6 is 0 Å². The number of nitrogens with zero attached hydrogens (tertiary/aromatic N) is 2. The molecule has 0 fully saturated rings. The van der Waals surface area contributed by atoms with Gasteiger partial charge in [-0.15, -0.1) is 0 Å². The van der Waals surface area contributed by atoms with Crippen LogP contribution in [0.15, 0.2) is 205 Å². The standard InChI is InChI=1S/C50H36N2/c1-52(50(51-40-19-6-3-7-20-40)47-26-14-18-37-17-8-9-21-42(37)47)41-33-31-39(32-34-41)49-45-24-12-10-22-43(45)48(44-23-11-13-25-46(44)49)38-29-27-36(28-30-38)35-15-4-2-5-16-35/h2-34H,1H3/b51-50-. The number of benzene rings is 9. The maximum Gasteiger partial charge on any atom is 0.141 e. The van der Waals surface area contributed by atoms with Crippen LogP contribution in [0.2, 0.25) is 0 Å². The Balaban J connectivity index is 1.15. The molecule has 0 atom stereocenters. The number of rotatable bonds is 6. The summed E-state index contributed by atoms with van der Waals surface area (Å²) >= 11 is 0. The molecule has 9 rings (SSSR count). The molecule has 2 heteroatoms. The van der Waals surface area contributed by atoms with Gasteiger partial charge in [0, 0.05) is 18.3 Å². The molecule has 0 aromatic heterocycles. The fourth-order valence-electron chi connectivity index (χ4n) is 7.55. The highest BCUT2D eigenvalue weighted by atomic mass is 15.2. The normalized spacial score (nSPS) is 11.7. The minimum absolute atomic E-state index is 0.897. The van der Waals surface area contributed by atoms with Crippen LogP contribution in [0.25, 0.3) is 65.7 Å². The van der Waals surface area contributed by atoms with Crippen molar-refractivity contribution in [2.24, 2.45) is 4.99 Å². The SMILES string of the molecule is CN(/C(=N\c1ccccc1)c1cccc2ccccc12)c1ccc(-c2c3ccccc3c(-c3ccc(-c4ccccc4)cc3)c3ccccc23)cc1. The van der Waals surface area contributed by atoms with Gasteiger partial charge in [0.2, 0.25) is 0 Å². The number of hydrogen-bond acceptors (Lipinski definition) is 1. The molecular formula is C50H36N2. The maximum atomic E-state index is 5.22. The Morgan fingerprint density at radius 2 is 0.788 bits per heavy atom. The van der Waals surface area contributed by atoms with Crippen molar-refractivity contribution in [1.29, 1.82) is 0 Å². The first kappa shape index (κ1) is 31.2. The average molecular weight is 665 g/mol. The van der Waals surface area contributed by atoms with Gasteiger partial charge in [0.15, 0.2) is 0 Å². The molecule has 0 N–H and O–H groups in total. The maximum absolute atomic E-state index is 5.22. The molecule has 246 valence electrons. The van der Waals surface area contributed by atoms with Crippen LogP contribution in [-0.2, 0) is 0 Å². The van der Waals surface area contributed by atoms with E-state index in [0.29, 0.717) is 0 Å². The summed E-state index contributed by atoms with van der Waals surface area (Å²) in [5.41, 5.74) is 10.4. The minimum Gasteiger partial charge on any atom is -0.329 e. The summed E-state index contributed by atoms with van der Waals surface area (Å²) in [5.74, 6) is 0.897. The van der Waals surface area contributed by atoms with Gasteiger partial charge in [0.1, 0.15) is 5.84 Å². The summed E-state index contributed by atoms with van der Waals surface area (Å²) in [6.07, 6.45) is 0. The molecule has 0 spiro atoms. The van der Waals surface area contributed by atoms with Crippen LogP contribution in [0.5, 0.6) is 0 Å². The summed E-state index contributed by atoms with van der Waals surface area (Å²) in [5, 5.41) is 7.35. The van der Waals surface area contributed by atoms with Crippen molar-refractivity contribution in [3.8, 4) is 33.4 Å². The van der Waals surface area contributed by atoms with E-state index in [1.165, 1.54) is 65.7 Å². The molecule has 2 nitrogen and oxygen atoms in total. The van der Waals surface area contributed by atoms with Gasteiger partial charge in [-0.05, 0) is 90.0 Å². The van der Waals surface area contributed by atoms with E-state index < -0.39 is 0 Å². The Morgan fingerprint density at radius 3 is 1.37 bits per heavy atom. The first-order valence-corrected chi connectivity index (χ1v) is 17.8. The molecule has 0 aliphatic heterocycles. The Labute approximate surface area is 304 Å². The second-order valence-corrected chi connectivity index (χ2v) is 13.2. The molecule has 0 saturated carbocycles. The number of anilines is 1. The van der Waals surface area contributed by atoms with Gasteiger partial charge >= 0.3 is 0 Å². The Hall–Kier alpha value is -6.77. The minimum atomic E-state index is 0.897. The molecule has 0 unspecified atom stereocenters. The summed E-state index contributed by atoms with van der Waals surface area (Å²) in [7, 11) is 2.11. The lowest BCUT2D eigenvalue weighted by molar-refractivity contribution is 1.25. The molecule has 0 amide bonds. The third-order valence-electron chi connectivity index (χ3n) is 10.1. The van der Waals surface area contributed by atoms with Crippen LogP contribution in [0, 0.1) is 0 Å². The van der Waals surface area contributed by atoms with Crippen molar-refractivity contribution in [2.45, 2.75) is 0 Å². The number of para-hydroxylation sites is 1. The Kier molecular flexibility index (Phi) is 8.11. The highest BCUT2D eigenvalue weighted by molar-refractivity contribution is 6.22. The van der Waals surface area contributed by atoms with Gasteiger partial charge in [-0.25, -0.2) is 4.99 Å². The van der Waals surface area contributed by atoms with Crippen molar-refractivity contribution in [1.82, 2.24) is 0 Å². The second-order valence-electron chi connectivity index (χ2n) is 13.2. The molecule has 9 aromatic rings. The van der Waals surface area contributed by atoms with E-state index in [-0.39, 0.29) is 0 Å². The van der Waals surface area contributed by atoms with Crippen LogP contribution in [0.1, 0.15) is 5.56 Å². The predicted octanol–water partition coefficient (Wildman–Crippen LogP) is 13.4. The molecule has 52 heavy (non-hydrogen) atoms. The Morgan fingerprint density at radius 1 is 0.365 bits per heavy atom. The van der Waals surface area contributed by atoms with Crippen LogP contribution < -0.4 is 4.90 Å². The fourth-order valence-corrected chi connectivity index (χ4v) is 7.55. The summed E-state index contributed by atoms with van der Waals surface area (Å²) < 4.78 is 0. The highest BCUT2D eigenvalue weighted by Crippen LogP contribution is 2.44. The number of aliphatic imine (C=N–C) groups is 1. The Bertz CT molecular complexity index is 2650. The van der Waals surface area contributed by atoms with E-state index in [1.54, 1.807) is 0 Å². The van der Waals surface area contributed by atoms with Gasteiger partial charge in [0.05, 0.1) is 5.69 Å². The molecule has 0 aliphatic rings. The molecular weight excluding hydrogens is 629 g/mol. The summed E-state index contributed by atoms with van der Waals surface area (Å²) in [6.45, 7) is 0.